The van der Waals surface area contributed by atoms with Crippen LogP contribution in [0.3, 0.4) is 0 Å². The van der Waals surface area contributed by atoms with Crippen molar-refractivity contribution >= 4 is 23.1 Å². The molecule has 3 N–H and O–H groups in total. The third-order valence-corrected chi connectivity index (χ3v) is 2.91. The van der Waals surface area contributed by atoms with Gasteiger partial charge in [0.05, 0.1) is 21.6 Å². The Morgan fingerprint density at radius 3 is 2.62 bits per heavy atom. The summed E-state index contributed by atoms with van der Waals surface area (Å²) in [5.41, 5.74) is 5.14. The number of amidine groups is 1. The van der Waals surface area contributed by atoms with Crippen molar-refractivity contribution < 1.29 is 14.1 Å². The van der Waals surface area contributed by atoms with Crippen molar-refractivity contribution in [2.75, 3.05) is 0 Å². The van der Waals surface area contributed by atoms with Gasteiger partial charge in [-0.3, -0.25) is 15.5 Å². The molecule has 0 heterocycles. The second-order valence-electron chi connectivity index (χ2n) is 4.00. The number of hydrogen-bond acceptors (Lipinski definition) is 4. The van der Waals surface area contributed by atoms with Crippen LogP contribution in [0.25, 0.3) is 0 Å². The van der Waals surface area contributed by atoms with Crippen molar-refractivity contribution in [2.45, 2.75) is 0 Å². The fourth-order valence-corrected chi connectivity index (χ4v) is 1.92. The third-order valence-electron chi connectivity index (χ3n) is 2.59. The van der Waals surface area contributed by atoms with Crippen LogP contribution >= 0.6 is 11.6 Å². The normalized spacial score (nSPS) is 10.2. The number of nitrogen functional groups attached to an aromatic ring is 1. The Labute approximate surface area is 123 Å². The molecule has 0 radical (unpaired) electrons. The minimum absolute atomic E-state index is 0.0859. The standard InChI is InChI=1S/C13H9ClFN3O3/c14-8-2-1-3-11(12(8)13(16)17)21-10-5-4-7(18(19)20)6-9(10)15/h1-6H,(H3,16,17). The van der Waals surface area contributed by atoms with E-state index in [0.717, 1.165) is 18.2 Å². The first-order valence-electron chi connectivity index (χ1n) is 5.65. The van der Waals surface area contributed by atoms with Gasteiger partial charge in [-0.15, -0.1) is 0 Å². The number of non-ortho nitro benzene ring substituents is 1. The molecule has 8 heteroatoms. The molecule has 0 spiro atoms. The highest BCUT2D eigenvalue weighted by Crippen LogP contribution is 2.32. The monoisotopic (exact) mass is 309 g/mol. The van der Waals surface area contributed by atoms with Crippen LogP contribution in [0.2, 0.25) is 5.02 Å². The number of nitrogens with two attached hydrogens (primary N) is 1. The molecule has 6 nitrogen and oxygen atoms in total. The maximum absolute atomic E-state index is 13.8. The number of rotatable bonds is 4. The van der Waals surface area contributed by atoms with Crippen LogP contribution in [-0.4, -0.2) is 10.8 Å². The van der Waals surface area contributed by atoms with E-state index < -0.39 is 16.4 Å². The minimum Gasteiger partial charge on any atom is -0.453 e. The number of nitrogens with one attached hydrogen (secondary N) is 1. The lowest BCUT2D eigenvalue weighted by atomic mass is 10.2. The fraction of sp³-hybridized carbons (Fsp3) is 0. The smallest absolute Gasteiger partial charge is 0.272 e. The molecule has 0 aromatic heterocycles. The van der Waals surface area contributed by atoms with E-state index in [9.17, 15) is 14.5 Å². The Bertz CT molecular complexity index is 737. The van der Waals surface area contributed by atoms with Crippen LogP contribution in [0.4, 0.5) is 10.1 Å². The number of hydrogen-bond donors (Lipinski definition) is 2. The molecule has 0 unspecified atom stereocenters. The van der Waals surface area contributed by atoms with E-state index in [2.05, 4.69) is 0 Å². The second kappa shape index (κ2) is 5.76. The molecular formula is C13H9ClFN3O3. The summed E-state index contributed by atoms with van der Waals surface area (Å²) in [5, 5.41) is 18.2. The molecule has 0 fully saturated rings. The quantitative estimate of drug-likeness (QED) is 0.390. The highest BCUT2D eigenvalue weighted by atomic mass is 35.5. The first kappa shape index (κ1) is 14.7. The van der Waals surface area contributed by atoms with Crippen LogP contribution < -0.4 is 10.5 Å². The molecule has 0 amide bonds. The largest absolute Gasteiger partial charge is 0.453 e. The van der Waals surface area contributed by atoms with Crippen molar-refractivity contribution in [3.63, 3.8) is 0 Å². The molecule has 0 aliphatic heterocycles. The zero-order valence-corrected chi connectivity index (χ0v) is 11.2. The number of nitro benzene ring substituents is 1. The zero-order chi connectivity index (χ0) is 15.6. The number of benzene rings is 2. The van der Waals surface area contributed by atoms with E-state index in [1.165, 1.54) is 12.1 Å². The van der Waals surface area contributed by atoms with E-state index in [1.807, 2.05) is 0 Å². The van der Waals surface area contributed by atoms with Gasteiger partial charge in [-0.25, -0.2) is 4.39 Å². The van der Waals surface area contributed by atoms with Gasteiger partial charge in [-0.2, -0.15) is 0 Å². The predicted octanol–water partition coefficient (Wildman–Crippen LogP) is 3.46. The average Bonchev–Trinajstić information content (AvgIpc) is 2.40. The van der Waals surface area contributed by atoms with Crippen molar-refractivity contribution in [2.24, 2.45) is 5.73 Å². The lowest BCUT2D eigenvalue weighted by Gasteiger charge is -2.12. The summed E-state index contributed by atoms with van der Waals surface area (Å²) >= 11 is 5.91. The van der Waals surface area contributed by atoms with Gasteiger partial charge in [0.2, 0.25) is 0 Å². The van der Waals surface area contributed by atoms with E-state index in [-0.39, 0.29) is 27.9 Å². The van der Waals surface area contributed by atoms with Gasteiger partial charge in [0.1, 0.15) is 11.6 Å². The van der Waals surface area contributed by atoms with E-state index in [4.69, 9.17) is 27.5 Å². The Kier molecular flexibility index (Phi) is 4.04. The van der Waals surface area contributed by atoms with Gasteiger partial charge in [0.15, 0.2) is 11.6 Å². The Hall–Kier alpha value is -2.67. The van der Waals surface area contributed by atoms with Gasteiger partial charge >= 0.3 is 0 Å². The van der Waals surface area contributed by atoms with Gasteiger partial charge in [0.25, 0.3) is 5.69 Å². The summed E-state index contributed by atoms with van der Waals surface area (Å²) in [6, 6.07) is 7.50. The molecule has 0 saturated heterocycles. The molecule has 0 aliphatic carbocycles. The van der Waals surface area contributed by atoms with Crippen LogP contribution in [0.5, 0.6) is 11.5 Å². The summed E-state index contributed by atoms with van der Waals surface area (Å²) in [4.78, 5) is 9.83. The van der Waals surface area contributed by atoms with Gasteiger partial charge in [-0.1, -0.05) is 17.7 Å². The molecule has 0 atom stereocenters. The second-order valence-corrected chi connectivity index (χ2v) is 4.41. The highest BCUT2D eigenvalue weighted by Gasteiger charge is 2.16. The Balaban J connectivity index is 2.42. The van der Waals surface area contributed by atoms with Crippen molar-refractivity contribution in [3.8, 4) is 11.5 Å². The maximum atomic E-state index is 13.8. The third kappa shape index (κ3) is 3.09. The first-order valence-corrected chi connectivity index (χ1v) is 6.02. The number of nitrogens with zero attached hydrogens (tertiary/aromatic N) is 1. The average molecular weight is 310 g/mol. The molecular weight excluding hydrogens is 301 g/mol. The van der Waals surface area contributed by atoms with Crippen molar-refractivity contribution in [1.82, 2.24) is 0 Å². The molecule has 108 valence electrons. The summed E-state index contributed by atoms with van der Waals surface area (Å²) in [5.74, 6) is -1.38. The first-order chi connectivity index (χ1) is 9.90. The molecule has 2 aromatic carbocycles. The molecule has 2 aromatic rings. The minimum atomic E-state index is -0.904. The van der Waals surface area contributed by atoms with E-state index in [0.29, 0.717) is 0 Å². The SMILES string of the molecule is N=C(N)c1c(Cl)cccc1Oc1ccc([N+](=O)[O-])cc1F. The van der Waals surface area contributed by atoms with E-state index >= 15 is 0 Å². The summed E-state index contributed by atoms with van der Waals surface area (Å²) in [6.07, 6.45) is 0. The number of ether oxygens (including phenoxy) is 1. The van der Waals surface area contributed by atoms with Crippen LogP contribution in [0.15, 0.2) is 36.4 Å². The predicted molar refractivity (Wildman–Crippen MR) is 75.6 cm³/mol. The highest BCUT2D eigenvalue weighted by molar-refractivity contribution is 6.34. The van der Waals surface area contributed by atoms with Crippen molar-refractivity contribution in [1.29, 1.82) is 5.41 Å². The maximum Gasteiger partial charge on any atom is 0.272 e. The zero-order valence-electron chi connectivity index (χ0n) is 10.5. The van der Waals surface area contributed by atoms with Crippen LogP contribution in [0.1, 0.15) is 5.56 Å². The summed E-state index contributed by atoms with van der Waals surface area (Å²) < 4.78 is 19.1. The summed E-state index contributed by atoms with van der Waals surface area (Å²) in [7, 11) is 0. The summed E-state index contributed by atoms with van der Waals surface area (Å²) in [6.45, 7) is 0. The van der Waals surface area contributed by atoms with Crippen LogP contribution in [-0.2, 0) is 0 Å². The number of halogens is 2. The molecule has 0 aliphatic rings. The Morgan fingerprint density at radius 1 is 1.33 bits per heavy atom. The van der Waals surface area contributed by atoms with Gasteiger partial charge in [-0.05, 0) is 18.2 Å². The Morgan fingerprint density at radius 2 is 2.05 bits per heavy atom. The van der Waals surface area contributed by atoms with Crippen molar-refractivity contribution in [3.05, 3.63) is 62.9 Å². The molecule has 21 heavy (non-hydrogen) atoms. The lowest BCUT2D eigenvalue weighted by molar-refractivity contribution is -0.385. The van der Waals surface area contributed by atoms with Crippen LogP contribution in [0, 0.1) is 21.3 Å². The molecule has 2 rings (SSSR count). The lowest BCUT2D eigenvalue weighted by Crippen LogP contribution is -2.13. The number of nitro groups is 1. The topological polar surface area (TPSA) is 102 Å². The molecule has 0 bridgehead atoms. The van der Waals surface area contributed by atoms with E-state index in [1.54, 1.807) is 6.07 Å². The van der Waals surface area contributed by atoms with Gasteiger partial charge in [0, 0.05) is 6.07 Å². The van der Waals surface area contributed by atoms with Gasteiger partial charge < -0.3 is 10.5 Å². The fourth-order valence-electron chi connectivity index (χ4n) is 1.66. The molecule has 0 saturated carbocycles.